The SMILES string of the molecule is C#CCCC(O)C1Cc2ccccc2S1. The molecule has 1 nitrogen and oxygen atoms in total. The molecule has 0 saturated carbocycles. The standard InChI is InChI=1S/C13H14OS/c1-2-3-7-11(14)13-9-10-6-4-5-8-12(10)15-13/h1,4-6,8,11,13-14H,3,7,9H2. The Labute approximate surface area is 94.9 Å². The van der Waals surface area contributed by atoms with E-state index >= 15 is 0 Å². The van der Waals surface area contributed by atoms with Gasteiger partial charge in [-0.15, -0.1) is 24.1 Å². The normalized spacial score (nSPS) is 20.7. The Morgan fingerprint density at radius 2 is 2.33 bits per heavy atom. The van der Waals surface area contributed by atoms with Gasteiger partial charge in [0.2, 0.25) is 0 Å². The summed E-state index contributed by atoms with van der Waals surface area (Å²) in [7, 11) is 0. The lowest BCUT2D eigenvalue weighted by Crippen LogP contribution is -2.22. The van der Waals surface area contributed by atoms with Crippen molar-refractivity contribution in [1.82, 2.24) is 0 Å². The molecular formula is C13H14OS. The van der Waals surface area contributed by atoms with Crippen LogP contribution in [0.25, 0.3) is 0 Å². The van der Waals surface area contributed by atoms with Crippen LogP contribution >= 0.6 is 11.8 Å². The monoisotopic (exact) mass is 218 g/mol. The number of hydrogen-bond donors (Lipinski definition) is 1. The fraction of sp³-hybridized carbons (Fsp3) is 0.385. The molecule has 1 aromatic carbocycles. The maximum Gasteiger partial charge on any atom is 0.0674 e. The third kappa shape index (κ3) is 2.37. The first-order valence-electron chi connectivity index (χ1n) is 5.17. The molecule has 2 heteroatoms. The van der Waals surface area contributed by atoms with Gasteiger partial charge in [-0.2, -0.15) is 0 Å². The van der Waals surface area contributed by atoms with E-state index in [1.165, 1.54) is 10.5 Å². The maximum atomic E-state index is 9.94. The third-order valence-electron chi connectivity index (χ3n) is 2.69. The smallest absolute Gasteiger partial charge is 0.0674 e. The van der Waals surface area contributed by atoms with Gasteiger partial charge in [-0.25, -0.2) is 0 Å². The van der Waals surface area contributed by atoms with Crippen molar-refractivity contribution in [3.63, 3.8) is 0 Å². The molecule has 0 saturated heterocycles. The van der Waals surface area contributed by atoms with Gasteiger partial charge in [-0.1, -0.05) is 18.2 Å². The Morgan fingerprint density at radius 3 is 3.07 bits per heavy atom. The van der Waals surface area contributed by atoms with Crippen LogP contribution in [0.2, 0.25) is 0 Å². The second-order valence-corrected chi connectivity index (χ2v) is 5.06. The second kappa shape index (κ2) is 4.74. The first-order valence-corrected chi connectivity index (χ1v) is 6.05. The van der Waals surface area contributed by atoms with Crippen LogP contribution in [0.15, 0.2) is 29.2 Å². The van der Waals surface area contributed by atoms with Gasteiger partial charge in [-0.05, 0) is 24.5 Å². The van der Waals surface area contributed by atoms with Gasteiger partial charge in [0.05, 0.1) is 6.10 Å². The summed E-state index contributed by atoms with van der Waals surface area (Å²) in [4.78, 5) is 1.31. The first-order chi connectivity index (χ1) is 7.31. The minimum atomic E-state index is -0.279. The van der Waals surface area contributed by atoms with Crippen LogP contribution in [0.1, 0.15) is 18.4 Å². The molecule has 1 N–H and O–H groups in total. The molecule has 1 aliphatic heterocycles. The van der Waals surface area contributed by atoms with E-state index in [0.717, 1.165) is 6.42 Å². The van der Waals surface area contributed by atoms with Gasteiger partial charge in [0.25, 0.3) is 0 Å². The molecule has 0 radical (unpaired) electrons. The van der Waals surface area contributed by atoms with Crippen LogP contribution in [-0.2, 0) is 6.42 Å². The largest absolute Gasteiger partial charge is 0.392 e. The maximum absolute atomic E-state index is 9.94. The summed E-state index contributed by atoms with van der Waals surface area (Å²) >= 11 is 1.78. The van der Waals surface area contributed by atoms with Crippen LogP contribution in [0.4, 0.5) is 0 Å². The number of aliphatic hydroxyl groups is 1. The van der Waals surface area contributed by atoms with Crippen molar-refractivity contribution >= 4 is 11.8 Å². The highest BCUT2D eigenvalue weighted by Crippen LogP contribution is 2.38. The van der Waals surface area contributed by atoms with Gasteiger partial charge in [-0.3, -0.25) is 0 Å². The summed E-state index contributed by atoms with van der Waals surface area (Å²) in [6, 6.07) is 8.35. The van der Waals surface area contributed by atoms with E-state index in [9.17, 15) is 5.11 Å². The van der Waals surface area contributed by atoms with Crippen molar-refractivity contribution in [1.29, 1.82) is 0 Å². The van der Waals surface area contributed by atoms with Crippen LogP contribution in [-0.4, -0.2) is 16.5 Å². The molecule has 1 aliphatic rings. The van der Waals surface area contributed by atoms with Crippen molar-refractivity contribution in [3.8, 4) is 12.3 Å². The molecule has 0 amide bonds. The highest BCUT2D eigenvalue weighted by molar-refractivity contribution is 8.00. The molecule has 0 spiro atoms. The van der Waals surface area contributed by atoms with Crippen LogP contribution < -0.4 is 0 Å². The predicted molar refractivity (Wildman–Crippen MR) is 63.9 cm³/mol. The highest BCUT2D eigenvalue weighted by Gasteiger charge is 2.27. The Bertz CT molecular complexity index is 355. The van der Waals surface area contributed by atoms with E-state index in [1.54, 1.807) is 11.8 Å². The molecular weight excluding hydrogens is 204 g/mol. The second-order valence-electron chi connectivity index (χ2n) is 3.78. The van der Waals surface area contributed by atoms with Crippen molar-refractivity contribution in [2.24, 2.45) is 0 Å². The van der Waals surface area contributed by atoms with Crippen LogP contribution in [0, 0.1) is 12.3 Å². The van der Waals surface area contributed by atoms with E-state index in [0.29, 0.717) is 12.8 Å². The van der Waals surface area contributed by atoms with E-state index in [2.05, 4.69) is 24.1 Å². The summed E-state index contributed by atoms with van der Waals surface area (Å²) in [5.41, 5.74) is 1.35. The summed E-state index contributed by atoms with van der Waals surface area (Å²) < 4.78 is 0. The van der Waals surface area contributed by atoms with Gasteiger partial charge >= 0.3 is 0 Å². The number of benzene rings is 1. The Hall–Kier alpha value is -0.910. The lowest BCUT2D eigenvalue weighted by molar-refractivity contribution is 0.163. The van der Waals surface area contributed by atoms with Crippen molar-refractivity contribution in [2.45, 2.75) is 35.5 Å². The van der Waals surface area contributed by atoms with E-state index < -0.39 is 0 Å². The van der Waals surface area contributed by atoms with E-state index in [1.807, 2.05) is 6.07 Å². The molecule has 0 bridgehead atoms. The number of thioether (sulfide) groups is 1. The minimum absolute atomic E-state index is 0.279. The van der Waals surface area contributed by atoms with Gasteiger partial charge in [0, 0.05) is 16.6 Å². The summed E-state index contributed by atoms with van der Waals surface area (Å²) in [5.74, 6) is 2.57. The van der Waals surface area contributed by atoms with Crippen molar-refractivity contribution < 1.29 is 5.11 Å². The molecule has 2 atom stereocenters. The van der Waals surface area contributed by atoms with Crippen LogP contribution in [0.5, 0.6) is 0 Å². The average molecular weight is 218 g/mol. The lowest BCUT2D eigenvalue weighted by atomic mass is 10.0. The minimum Gasteiger partial charge on any atom is -0.392 e. The van der Waals surface area contributed by atoms with E-state index in [-0.39, 0.29) is 11.4 Å². The number of rotatable bonds is 3. The fourth-order valence-electron chi connectivity index (χ4n) is 1.84. The first kappa shape index (κ1) is 10.6. The number of fused-ring (bicyclic) bond motifs is 1. The zero-order valence-corrected chi connectivity index (χ0v) is 9.33. The topological polar surface area (TPSA) is 20.2 Å². The Morgan fingerprint density at radius 1 is 1.53 bits per heavy atom. The summed E-state index contributed by atoms with van der Waals surface area (Å²) in [6.07, 6.45) is 7.25. The number of aliphatic hydroxyl groups excluding tert-OH is 1. The van der Waals surface area contributed by atoms with E-state index in [4.69, 9.17) is 6.42 Å². The third-order valence-corrected chi connectivity index (χ3v) is 4.12. The van der Waals surface area contributed by atoms with Crippen molar-refractivity contribution in [3.05, 3.63) is 29.8 Å². The van der Waals surface area contributed by atoms with Gasteiger partial charge < -0.3 is 5.11 Å². The number of terminal acetylenes is 1. The molecule has 2 unspecified atom stereocenters. The van der Waals surface area contributed by atoms with Gasteiger partial charge in [0.15, 0.2) is 0 Å². The Kier molecular flexibility index (Phi) is 3.35. The van der Waals surface area contributed by atoms with Crippen molar-refractivity contribution in [2.75, 3.05) is 0 Å². The number of hydrogen-bond acceptors (Lipinski definition) is 2. The fourth-order valence-corrected chi connectivity index (χ4v) is 3.18. The molecule has 2 rings (SSSR count). The zero-order valence-electron chi connectivity index (χ0n) is 8.52. The predicted octanol–water partition coefficient (Wildman–Crippen LogP) is 2.48. The quantitative estimate of drug-likeness (QED) is 0.787. The summed E-state index contributed by atoms with van der Waals surface area (Å²) in [5, 5.41) is 10.2. The molecule has 0 fully saturated rings. The summed E-state index contributed by atoms with van der Waals surface area (Å²) in [6.45, 7) is 0. The molecule has 1 aromatic rings. The molecule has 15 heavy (non-hydrogen) atoms. The van der Waals surface area contributed by atoms with Gasteiger partial charge in [0.1, 0.15) is 0 Å². The zero-order chi connectivity index (χ0) is 10.7. The molecule has 0 aromatic heterocycles. The molecule has 78 valence electrons. The Balaban J connectivity index is 1.98. The molecule has 0 aliphatic carbocycles. The molecule has 1 heterocycles. The highest BCUT2D eigenvalue weighted by atomic mass is 32.2. The van der Waals surface area contributed by atoms with Crippen LogP contribution in [0.3, 0.4) is 0 Å². The lowest BCUT2D eigenvalue weighted by Gasteiger charge is -2.15. The average Bonchev–Trinajstić information content (AvgIpc) is 2.69.